The molecule has 2 nitrogen and oxygen atoms in total. The van der Waals surface area contributed by atoms with Gasteiger partial charge in [0.05, 0.1) is 11.7 Å². The molecule has 47 heavy (non-hydrogen) atoms. The van der Waals surface area contributed by atoms with Gasteiger partial charge in [0.2, 0.25) is 0 Å². The van der Waals surface area contributed by atoms with Crippen LogP contribution < -0.4 is 0 Å². The molecule has 0 amide bonds. The van der Waals surface area contributed by atoms with Crippen molar-refractivity contribution < 1.29 is 0 Å². The first-order valence-electron chi connectivity index (χ1n) is 17.3. The van der Waals surface area contributed by atoms with E-state index in [1.807, 2.05) is 0 Å². The van der Waals surface area contributed by atoms with Crippen molar-refractivity contribution in [2.45, 2.75) is 79.1 Å². The number of nitrogens with zero attached hydrogens (tertiary/aromatic N) is 2. The molecule has 0 atom stereocenters. The van der Waals surface area contributed by atoms with Gasteiger partial charge in [0.1, 0.15) is 11.0 Å². The molecule has 0 radical (unpaired) electrons. The molecule has 5 aromatic carbocycles. The van der Waals surface area contributed by atoms with E-state index in [0.29, 0.717) is 11.8 Å². The van der Waals surface area contributed by atoms with Gasteiger partial charge >= 0.3 is 0 Å². The highest BCUT2D eigenvalue weighted by atomic mass is 32.1. The van der Waals surface area contributed by atoms with Crippen LogP contribution in [0.15, 0.2) is 84.9 Å². The largest absolute Gasteiger partial charge is 0.172 e. The first kappa shape index (κ1) is 30.3. The number of hydrogen-bond donors (Lipinski definition) is 0. The molecule has 8 rings (SSSR count). The zero-order valence-electron chi connectivity index (χ0n) is 29.0. The molecule has 0 fully saturated rings. The van der Waals surface area contributed by atoms with E-state index in [1.54, 1.807) is 0 Å². The minimum absolute atomic E-state index is 0.0581. The molecule has 0 N–H and O–H groups in total. The van der Waals surface area contributed by atoms with Crippen molar-refractivity contribution in [3.8, 4) is 44.5 Å². The van der Waals surface area contributed by atoms with Gasteiger partial charge < -0.3 is 0 Å². The van der Waals surface area contributed by atoms with Crippen molar-refractivity contribution in [2.24, 2.45) is 11.8 Å². The van der Waals surface area contributed by atoms with Crippen molar-refractivity contribution >= 4 is 22.8 Å². The van der Waals surface area contributed by atoms with E-state index in [2.05, 4.69) is 140 Å². The average molecular weight is 633 g/mol. The summed E-state index contributed by atoms with van der Waals surface area (Å²) in [7, 11) is 0. The molecule has 0 bridgehead atoms. The standard InChI is InChI=1S/C44H44N2S/c1-25(2)19-27-9-13-33-35-15-11-29(23-39(35)43(5,6)37(33)21-27)31-17-18-32(42-41(31)45-47-46-42)30-12-16-36-34-14-10-28(20-26(3)4)22-38(34)44(7,8)40(36)24-30/h9-18,21-26H,19-20H2,1-8H3. The topological polar surface area (TPSA) is 25.8 Å². The van der Waals surface area contributed by atoms with Crippen LogP contribution in [0.1, 0.15) is 88.8 Å². The van der Waals surface area contributed by atoms with E-state index in [4.69, 9.17) is 8.75 Å². The van der Waals surface area contributed by atoms with Crippen LogP contribution in [0.2, 0.25) is 0 Å². The van der Waals surface area contributed by atoms with Crippen molar-refractivity contribution in [1.29, 1.82) is 0 Å². The molecule has 0 spiro atoms. The van der Waals surface area contributed by atoms with Crippen LogP contribution in [0.25, 0.3) is 55.5 Å². The minimum atomic E-state index is -0.0581. The van der Waals surface area contributed by atoms with Gasteiger partial charge in [-0.1, -0.05) is 128 Å². The summed E-state index contributed by atoms with van der Waals surface area (Å²) in [5.74, 6) is 1.29. The summed E-state index contributed by atoms with van der Waals surface area (Å²) in [6, 6.07) is 32.8. The van der Waals surface area contributed by atoms with E-state index >= 15 is 0 Å². The highest BCUT2D eigenvalue weighted by Crippen LogP contribution is 2.52. The molecule has 0 saturated heterocycles. The Morgan fingerprint density at radius 1 is 0.468 bits per heavy atom. The number of rotatable bonds is 6. The summed E-state index contributed by atoms with van der Waals surface area (Å²) in [6.45, 7) is 18.7. The fourth-order valence-electron chi connectivity index (χ4n) is 8.43. The highest BCUT2D eigenvalue weighted by Gasteiger charge is 2.37. The van der Waals surface area contributed by atoms with Crippen LogP contribution in [-0.4, -0.2) is 8.75 Å². The lowest BCUT2D eigenvalue weighted by Gasteiger charge is -2.23. The lowest BCUT2D eigenvalue weighted by atomic mass is 9.80. The predicted octanol–water partition coefficient (Wildman–Crippen LogP) is 12.0. The molecular weight excluding hydrogens is 589 g/mol. The molecule has 0 saturated carbocycles. The zero-order chi connectivity index (χ0) is 32.8. The van der Waals surface area contributed by atoms with Crippen molar-refractivity contribution in [2.75, 3.05) is 0 Å². The molecule has 0 aliphatic heterocycles. The van der Waals surface area contributed by atoms with Crippen LogP contribution >= 0.6 is 11.7 Å². The molecule has 1 heterocycles. The third-order valence-electron chi connectivity index (χ3n) is 10.8. The summed E-state index contributed by atoms with van der Waals surface area (Å²) in [5.41, 5.74) is 20.6. The maximum absolute atomic E-state index is 4.89. The molecule has 2 aliphatic rings. The molecule has 3 heteroatoms. The number of fused-ring (bicyclic) bond motifs is 7. The Morgan fingerprint density at radius 3 is 1.19 bits per heavy atom. The fraction of sp³-hybridized carbons (Fsp3) is 0.318. The SMILES string of the molecule is CC(C)Cc1ccc2c(c1)C(C)(C)c1cc(-c3ccc(-c4ccc5c(c4)C(C)(C)c4cc(CC(C)C)ccc4-5)c4nsnc34)ccc1-2. The first-order valence-corrected chi connectivity index (χ1v) is 18.0. The van der Waals surface area contributed by atoms with E-state index in [1.165, 1.54) is 78.5 Å². The lowest BCUT2D eigenvalue weighted by Crippen LogP contribution is -2.15. The number of aromatic nitrogens is 2. The molecule has 1 aromatic heterocycles. The molecule has 0 unspecified atom stereocenters. The molecule has 6 aromatic rings. The Hall–Kier alpha value is -4.08. The Bertz CT molecular complexity index is 2060. The monoisotopic (exact) mass is 632 g/mol. The Labute approximate surface area is 284 Å². The summed E-state index contributed by atoms with van der Waals surface area (Å²) in [5, 5.41) is 0. The van der Waals surface area contributed by atoms with E-state index < -0.39 is 0 Å². The minimum Gasteiger partial charge on any atom is -0.172 e. The van der Waals surface area contributed by atoms with Gasteiger partial charge in [-0.25, -0.2) is 0 Å². The third-order valence-corrected chi connectivity index (χ3v) is 11.3. The van der Waals surface area contributed by atoms with Crippen LogP contribution in [0.3, 0.4) is 0 Å². The van der Waals surface area contributed by atoms with Crippen molar-refractivity contribution in [3.05, 3.63) is 118 Å². The quantitative estimate of drug-likeness (QED) is 0.183. The highest BCUT2D eigenvalue weighted by molar-refractivity contribution is 7.00. The smallest absolute Gasteiger partial charge is 0.113 e. The Kier molecular flexibility index (Phi) is 6.90. The van der Waals surface area contributed by atoms with Gasteiger partial charge in [-0.15, -0.1) is 0 Å². The molecule has 236 valence electrons. The predicted molar refractivity (Wildman–Crippen MR) is 200 cm³/mol. The first-order chi connectivity index (χ1) is 22.4. The van der Waals surface area contributed by atoms with Crippen molar-refractivity contribution in [3.63, 3.8) is 0 Å². The van der Waals surface area contributed by atoms with Crippen LogP contribution in [0.4, 0.5) is 0 Å². The van der Waals surface area contributed by atoms with Gasteiger partial charge in [-0.2, -0.15) is 8.75 Å². The fourth-order valence-corrected chi connectivity index (χ4v) is 9.01. The van der Waals surface area contributed by atoms with Crippen LogP contribution in [0, 0.1) is 11.8 Å². The summed E-state index contributed by atoms with van der Waals surface area (Å²) in [6.07, 6.45) is 2.22. The van der Waals surface area contributed by atoms with Gasteiger partial charge in [-0.05, 0) is 104 Å². The average Bonchev–Trinajstić information content (AvgIpc) is 3.67. The van der Waals surface area contributed by atoms with E-state index in [9.17, 15) is 0 Å². The molecular formula is C44H44N2S. The zero-order valence-corrected chi connectivity index (χ0v) is 29.8. The van der Waals surface area contributed by atoms with Crippen molar-refractivity contribution in [1.82, 2.24) is 8.75 Å². The summed E-state index contributed by atoms with van der Waals surface area (Å²) < 4.78 is 9.77. The second kappa shape index (κ2) is 10.7. The van der Waals surface area contributed by atoms with E-state index in [0.717, 1.165) is 35.0 Å². The second-order valence-electron chi connectivity index (χ2n) is 15.8. The van der Waals surface area contributed by atoms with Gasteiger partial charge in [0, 0.05) is 22.0 Å². The maximum Gasteiger partial charge on any atom is 0.113 e. The number of benzene rings is 5. The number of hydrogen-bond acceptors (Lipinski definition) is 3. The van der Waals surface area contributed by atoms with Gasteiger partial charge in [0.25, 0.3) is 0 Å². The third kappa shape index (κ3) is 4.72. The van der Waals surface area contributed by atoms with Crippen LogP contribution in [0.5, 0.6) is 0 Å². The van der Waals surface area contributed by atoms with E-state index in [-0.39, 0.29) is 10.8 Å². The molecule has 2 aliphatic carbocycles. The maximum atomic E-state index is 4.89. The Morgan fingerprint density at radius 2 is 0.809 bits per heavy atom. The van der Waals surface area contributed by atoms with Crippen LogP contribution in [-0.2, 0) is 23.7 Å². The summed E-state index contributed by atoms with van der Waals surface area (Å²) in [4.78, 5) is 0. The Balaban J connectivity index is 1.17. The van der Waals surface area contributed by atoms with Gasteiger partial charge in [-0.3, -0.25) is 0 Å². The summed E-state index contributed by atoms with van der Waals surface area (Å²) >= 11 is 1.31. The normalized spacial score (nSPS) is 15.3. The lowest BCUT2D eigenvalue weighted by molar-refractivity contribution is 0.637. The second-order valence-corrected chi connectivity index (χ2v) is 16.4. The van der Waals surface area contributed by atoms with Gasteiger partial charge in [0.15, 0.2) is 0 Å².